The van der Waals surface area contributed by atoms with Crippen molar-refractivity contribution in [3.8, 4) is 0 Å². The van der Waals surface area contributed by atoms with E-state index >= 15 is 0 Å². The maximum absolute atomic E-state index is 8.31. The van der Waals surface area contributed by atoms with Gasteiger partial charge in [-0.05, 0) is 67.3 Å². The van der Waals surface area contributed by atoms with Crippen LogP contribution in [0.3, 0.4) is 0 Å². The zero-order valence-electron chi connectivity index (χ0n) is 23.4. The third-order valence-corrected chi connectivity index (χ3v) is 4.30. The summed E-state index contributed by atoms with van der Waals surface area (Å²) < 4.78 is 17.3. The average molecular weight is 623 g/mol. The number of rotatable bonds is 4. The van der Waals surface area contributed by atoms with Crippen molar-refractivity contribution in [2.45, 2.75) is 41.5 Å². The second-order valence-corrected chi connectivity index (χ2v) is 7.13. The van der Waals surface area contributed by atoms with E-state index < -0.39 is 0 Å². The van der Waals surface area contributed by atoms with Gasteiger partial charge in [-0.25, -0.2) is 18.5 Å². The van der Waals surface area contributed by atoms with Crippen molar-refractivity contribution in [2.75, 3.05) is 5.73 Å². The van der Waals surface area contributed by atoms with Gasteiger partial charge in [0.25, 0.3) is 0 Å². The van der Waals surface area contributed by atoms with Crippen LogP contribution >= 0.6 is 0 Å². The van der Waals surface area contributed by atoms with Crippen molar-refractivity contribution in [1.29, 1.82) is 0 Å². The van der Waals surface area contributed by atoms with Gasteiger partial charge in [-0.2, -0.15) is 0 Å². The van der Waals surface area contributed by atoms with E-state index in [1.807, 2.05) is 0 Å². The molecule has 23 nitrogen and oxygen atoms in total. The number of nitrogens with two attached hydrogens (primary N) is 2. The molecule has 0 aromatic carbocycles. The van der Waals surface area contributed by atoms with Crippen LogP contribution in [0.25, 0.3) is 0 Å². The second-order valence-electron chi connectivity index (χ2n) is 7.13. The van der Waals surface area contributed by atoms with E-state index in [0.717, 1.165) is 0 Å². The van der Waals surface area contributed by atoms with Gasteiger partial charge in [-0.15, -0.1) is 0 Å². The second kappa shape index (κ2) is 20.5. The van der Waals surface area contributed by atoms with Gasteiger partial charge in [0.2, 0.25) is 0 Å². The van der Waals surface area contributed by atoms with Crippen LogP contribution in [-0.4, -0.2) is 90.5 Å². The number of hydrogen-bond acceptors (Lipinski definition) is 22. The molecule has 4 rings (SSSR count). The molecule has 0 saturated carbocycles. The van der Waals surface area contributed by atoms with Crippen LogP contribution in [0.15, 0.2) is 39.1 Å². The molecule has 4 aromatic rings. The summed E-state index contributed by atoms with van der Waals surface area (Å²) in [5.41, 5.74) is 14.8. The number of aryl methyl sites for hydroxylation is 3. The van der Waals surface area contributed by atoms with E-state index in [4.69, 9.17) is 32.3 Å². The monoisotopic (exact) mass is 622 g/mol. The molecule has 0 spiro atoms. The van der Waals surface area contributed by atoms with Gasteiger partial charge in [0.1, 0.15) is 34.2 Å². The topological polar surface area (TPSA) is 368 Å². The standard InChI is InChI=1S/2C5H7N3O2.2C4H6N4O2.K.H2O/c2*1-3(6-9)5-4(2)7-10-8-5;1-2-3(4(5)6-9)8-10-7-2;1-2(6-9)3-4(5)8-10-7-3;;/h2*9H,1-2H3;9H,1H3,(H2,5,6);9H,1H3,(H2,5,8);;1H2/q;;;;+1;/p-1. The molecule has 0 aliphatic carbocycles. The molecule has 0 aliphatic rings. The first kappa shape index (κ1) is 39.8. The number of aromatic nitrogens is 8. The molecular formula is C18H27KN14O9. The summed E-state index contributed by atoms with van der Waals surface area (Å²) >= 11 is 0. The minimum Gasteiger partial charge on any atom is -0.870 e. The van der Waals surface area contributed by atoms with Crippen LogP contribution in [0.5, 0.6) is 0 Å². The predicted octanol–water partition coefficient (Wildman–Crippen LogP) is -2.70. The van der Waals surface area contributed by atoms with Crippen LogP contribution in [-0.2, 0) is 0 Å². The Balaban J connectivity index is 0. The molecule has 9 N–H and O–H groups in total. The molecule has 0 saturated heterocycles. The number of nitrogens with zero attached hydrogens (tertiary/aromatic N) is 12. The quantitative estimate of drug-likeness (QED) is 0.0443. The molecule has 42 heavy (non-hydrogen) atoms. The molecule has 24 heteroatoms. The van der Waals surface area contributed by atoms with Crippen LogP contribution in [0.4, 0.5) is 5.82 Å². The fourth-order valence-corrected chi connectivity index (χ4v) is 2.22. The molecule has 4 heterocycles. The summed E-state index contributed by atoms with van der Waals surface area (Å²) in [6, 6.07) is 0. The predicted molar refractivity (Wildman–Crippen MR) is 132 cm³/mol. The van der Waals surface area contributed by atoms with Gasteiger partial charge >= 0.3 is 51.4 Å². The van der Waals surface area contributed by atoms with Gasteiger partial charge < -0.3 is 37.8 Å². The normalized spacial score (nSPS) is 11.4. The molecule has 4 aromatic heterocycles. The van der Waals surface area contributed by atoms with Crippen molar-refractivity contribution in [3.63, 3.8) is 0 Å². The molecule has 0 aliphatic heterocycles. The largest absolute Gasteiger partial charge is 1.00 e. The maximum Gasteiger partial charge on any atom is 1.00 e. The fraction of sp³-hybridized carbons (Fsp3) is 0.333. The minimum absolute atomic E-state index is 0. The van der Waals surface area contributed by atoms with E-state index in [0.29, 0.717) is 39.9 Å². The molecule has 0 fully saturated rings. The van der Waals surface area contributed by atoms with Crippen molar-refractivity contribution in [1.82, 2.24) is 41.3 Å². The molecule has 0 bridgehead atoms. The summed E-state index contributed by atoms with van der Waals surface area (Å²) in [6.07, 6.45) is 0. The number of anilines is 1. The van der Waals surface area contributed by atoms with E-state index in [1.54, 1.807) is 34.6 Å². The molecule has 0 atom stereocenters. The van der Waals surface area contributed by atoms with Gasteiger partial charge in [0.05, 0.1) is 0 Å². The Bertz CT molecular complexity index is 1240. The minimum atomic E-state index is -0.0984. The van der Waals surface area contributed by atoms with Crippen LogP contribution in [0.1, 0.15) is 60.6 Å². The summed E-state index contributed by atoms with van der Waals surface area (Å²) in [5.74, 6) is 0.0223. The Hall–Kier alpha value is -4.36. The number of hydrogen-bond donors (Lipinski definition) is 6. The number of nitrogen functional groups attached to an aromatic ring is 1. The third-order valence-electron chi connectivity index (χ3n) is 4.30. The third kappa shape index (κ3) is 12.0. The van der Waals surface area contributed by atoms with E-state index in [-0.39, 0.29) is 85.6 Å². The van der Waals surface area contributed by atoms with E-state index in [1.165, 1.54) is 6.92 Å². The zero-order valence-corrected chi connectivity index (χ0v) is 26.5. The maximum atomic E-state index is 8.31. The number of oxime groups is 4. The van der Waals surface area contributed by atoms with Crippen LogP contribution < -0.4 is 62.9 Å². The Morgan fingerprint density at radius 3 is 1.12 bits per heavy atom. The SMILES string of the molecule is CC(=NO)c1nonc1C.CC(=NO)c1nonc1C.CC(=NO)c1nonc1N.Cc1nonc1C(N)=NO.[K+].[OH-]. The molecule has 0 radical (unpaired) electrons. The van der Waals surface area contributed by atoms with Crippen LogP contribution in [0, 0.1) is 20.8 Å². The molecule has 224 valence electrons. The van der Waals surface area contributed by atoms with Gasteiger partial charge in [0.15, 0.2) is 34.4 Å². The Morgan fingerprint density at radius 2 is 0.857 bits per heavy atom. The summed E-state index contributed by atoms with van der Waals surface area (Å²) in [5, 5.41) is 72.1. The summed E-state index contributed by atoms with van der Waals surface area (Å²) in [6.45, 7) is 9.86. The Labute approximate surface area is 277 Å². The first-order valence-corrected chi connectivity index (χ1v) is 10.5. The molecule has 0 unspecified atom stereocenters. The smallest absolute Gasteiger partial charge is 0.870 e. The Kier molecular flexibility index (Phi) is 19.4. The van der Waals surface area contributed by atoms with Gasteiger partial charge in [-0.1, -0.05) is 36.1 Å². The average Bonchev–Trinajstić information content (AvgIpc) is 3.77. The summed E-state index contributed by atoms with van der Waals surface area (Å²) in [7, 11) is 0. The van der Waals surface area contributed by atoms with Gasteiger partial charge in [-0.3, -0.25) is 0 Å². The van der Waals surface area contributed by atoms with Crippen molar-refractivity contribution in [3.05, 3.63) is 39.9 Å². The van der Waals surface area contributed by atoms with E-state index in [9.17, 15) is 0 Å². The Morgan fingerprint density at radius 1 is 0.548 bits per heavy atom. The summed E-state index contributed by atoms with van der Waals surface area (Å²) in [4.78, 5) is 0. The number of amidine groups is 1. The van der Waals surface area contributed by atoms with Crippen molar-refractivity contribution in [2.24, 2.45) is 26.4 Å². The molecular weight excluding hydrogens is 595 g/mol. The fourth-order valence-electron chi connectivity index (χ4n) is 2.22. The first-order valence-electron chi connectivity index (χ1n) is 10.5. The first-order chi connectivity index (χ1) is 19.0. The zero-order chi connectivity index (χ0) is 30.2. The van der Waals surface area contributed by atoms with Crippen molar-refractivity contribution < 1.29 is 96.2 Å². The van der Waals surface area contributed by atoms with Gasteiger partial charge in [0, 0.05) is 0 Å². The molecule has 0 amide bonds. The van der Waals surface area contributed by atoms with Crippen LogP contribution in [0.2, 0.25) is 0 Å². The van der Waals surface area contributed by atoms with Crippen molar-refractivity contribution >= 4 is 28.8 Å². The van der Waals surface area contributed by atoms with E-state index in [2.05, 4.69) is 80.4 Å².